The molecule has 2 aliphatic rings. The molecule has 7 heteroatoms. The van der Waals surface area contributed by atoms with Gasteiger partial charge in [-0.1, -0.05) is 42.0 Å². The molecule has 2 aliphatic heterocycles. The maximum Gasteiger partial charge on any atom is 0.254 e. The summed E-state index contributed by atoms with van der Waals surface area (Å²) in [6, 6.07) is 15.7. The van der Waals surface area contributed by atoms with Crippen LogP contribution in [0.5, 0.6) is 0 Å². The van der Waals surface area contributed by atoms with Gasteiger partial charge in [0.15, 0.2) is 0 Å². The third-order valence-corrected chi connectivity index (χ3v) is 7.49. The highest BCUT2D eigenvalue weighted by atomic mass is 16.5. The van der Waals surface area contributed by atoms with Crippen LogP contribution < -0.4 is 11.1 Å². The summed E-state index contributed by atoms with van der Waals surface area (Å²) in [6.45, 7) is 7.90. The summed E-state index contributed by atoms with van der Waals surface area (Å²) in [4.78, 5) is 31.0. The number of carbonyl (C=O) groups excluding carboxylic acids is 2. The van der Waals surface area contributed by atoms with Crippen LogP contribution in [0.2, 0.25) is 0 Å². The molecule has 2 heterocycles. The van der Waals surface area contributed by atoms with Crippen molar-refractivity contribution in [3.05, 3.63) is 70.8 Å². The molecule has 2 amide bonds. The number of aryl methyl sites for hydroxylation is 2. The Labute approximate surface area is 215 Å². The van der Waals surface area contributed by atoms with Crippen LogP contribution in [0.15, 0.2) is 48.5 Å². The summed E-state index contributed by atoms with van der Waals surface area (Å²) in [7, 11) is 0. The third-order valence-electron chi connectivity index (χ3n) is 7.49. The lowest BCUT2D eigenvalue weighted by Gasteiger charge is -2.43. The Morgan fingerprint density at radius 3 is 2.58 bits per heavy atom. The number of benzene rings is 2. The van der Waals surface area contributed by atoms with Gasteiger partial charge in [0.25, 0.3) is 5.91 Å². The summed E-state index contributed by atoms with van der Waals surface area (Å²) in [5.41, 5.74) is 9.93. The first kappa shape index (κ1) is 26.3. The Balaban J connectivity index is 1.56. The van der Waals surface area contributed by atoms with Crippen molar-refractivity contribution < 1.29 is 14.3 Å². The molecule has 7 nitrogen and oxygen atoms in total. The second kappa shape index (κ2) is 12.5. The lowest BCUT2D eigenvalue weighted by molar-refractivity contribution is -0.127. The Morgan fingerprint density at radius 2 is 1.89 bits per heavy atom. The van der Waals surface area contributed by atoms with E-state index in [0.29, 0.717) is 31.6 Å². The van der Waals surface area contributed by atoms with Crippen molar-refractivity contribution in [3.8, 4) is 0 Å². The molecule has 2 aromatic rings. The molecule has 4 rings (SSSR count). The predicted molar refractivity (Wildman–Crippen MR) is 142 cm³/mol. The van der Waals surface area contributed by atoms with Crippen LogP contribution in [0.4, 0.5) is 0 Å². The van der Waals surface area contributed by atoms with Crippen molar-refractivity contribution in [1.82, 2.24) is 15.1 Å². The summed E-state index contributed by atoms with van der Waals surface area (Å²) < 4.78 is 6.00. The molecule has 0 aliphatic carbocycles. The van der Waals surface area contributed by atoms with Crippen molar-refractivity contribution in [2.75, 3.05) is 32.8 Å². The molecule has 194 valence electrons. The first-order valence-corrected chi connectivity index (χ1v) is 13.2. The van der Waals surface area contributed by atoms with Gasteiger partial charge in [0.1, 0.15) is 6.04 Å². The van der Waals surface area contributed by atoms with Gasteiger partial charge < -0.3 is 20.7 Å². The van der Waals surface area contributed by atoms with Crippen LogP contribution in [0.3, 0.4) is 0 Å². The van der Waals surface area contributed by atoms with Crippen LogP contribution in [0, 0.1) is 13.8 Å². The van der Waals surface area contributed by atoms with Crippen molar-refractivity contribution in [1.29, 1.82) is 0 Å². The van der Waals surface area contributed by atoms with Crippen molar-refractivity contribution >= 4 is 11.8 Å². The molecule has 2 saturated heterocycles. The van der Waals surface area contributed by atoms with E-state index in [9.17, 15) is 9.59 Å². The number of nitrogens with one attached hydrogen (secondary N) is 1. The van der Waals surface area contributed by atoms with Gasteiger partial charge >= 0.3 is 0 Å². The van der Waals surface area contributed by atoms with Crippen molar-refractivity contribution in [2.45, 2.75) is 64.3 Å². The minimum atomic E-state index is -0.534. The van der Waals surface area contributed by atoms with E-state index in [2.05, 4.69) is 41.4 Å². The highest BCUT2D eigenvalue weighted by Crippen LogP contribution is 2.28. The van der Waals surface area contributed by atoms with Gasteiger partial charge in [-0.2, -0.15) is 0 Å². The van der Waals surface area contributed by atoms with E-state index >= 15 is 0 Å². The zero-order chi connectivity index (χ0) is 25.5. The first-order valence-electron chi connectivity index (χ1n) is 13.2. The van der Waals surface area contributed by atoms with Crippen LogP contribution in [-0.2, 0) is 16.1 Å². The highest BCUT2D eigenvalue weighted by molar-refractivity contribution is 5.97. The molecular formula is C29H40N4O3. The van der Waals surface area contributed by atoms with Crippen LogP contribution in [0.1, 0.15) is 52.7 Å². The molecular weight excluding hydrogens is 452 g/mol. The van der Waals surface area contributed by atoms with E-state index in [1.54, 1.807) is 4.90 Å². The highest BCUT2D eigenvalue weighted by Gasteiger charge is 2.39. The fourth-order valence-electron chi connectivity index (χ4n) is 5.34. The number of hydrogen-bond acceptors (Lipinski definition) is 5. The number of hydrogen-bond donors (Lipinski definition) is 2. The van der Waals surface area contributed by atoms with Gasteiger partial charge in [0, 0.05) is 50.9 Å². The van der Waals surface area contributed by atoms with Crippen molar-refractivity contribution in [3.63, 3.8) is 0 Å². The van der Waals surface area contributed by atoms with E-state index in [0.717, 1.165) is 44.5 Å². The predicted octanol–water partition coefficient (Wildman–Crippen LogP) is 3.03. The van der Waals surface area contributed by atoms with Gasteiger partial charge in [-0.3, -0.25) is 14.5 Å². The number of nitrogens with zero attached hydrogens (tertiary/aromatic N) is 2. The SMILES string of the molecule is Cc1ccc(C(=O)N2CCC(N(Cc3ccccc3C)CC3CCCO3)C[C@@H]2C(=O)NCCN)cc1. The van der Waals surface area contributed by atoms with E-state index in [1.807, 2.05) is 31.2 Å². The smallest absolute Gasteiger partial charge is 0.254 e. The third kappa shape index (κ3) is 6.52. The maximum absolute atomic E-state index is 13.5. The number of ether oxygens (including phenoxy) is 1. The Kier molecular flexibility index (Phi) is 9.13. The van der Waals surface area contributed by atoms with E-state index < -0.39 is 6.04 Å². The molecule has 2 aromatic carbocycles. The number of piperidine rings is 1. The lowest BCUT2D eigenvalue weighted by atomic mass is 9.93. The zero-order valence-corrected chi connectivity index (χ0v) is 21.6. The topological polar surface area (TPSA) is 87.9 Å². The minimum absolute atomic E-state index is 0.0917. The molecule has 2 fully saturated rings. The van der Waals surface area contributed by atoms with Gasteiger partial charge in [-0.25, -0.2) is 0 Å². The van der Waals surface area contributed by atoms with Crippen LogP contribution in [0.25, 0.3) is 0 Å². The maximum atomic E-state index is 13.5. The van der Waals surface area contributed by atoms with E-state index in [4.69, 9.17) is 10.5 Å². The molecule has 0 saturated carbocycles. The van der Waals surface area contributed by atoms with Crippen LogP contribution in [-0.4, -0.2) is 72.6 Å². The number of nitrogens with two attached hydrogens (primary N) is 1. The lowest BCUT2D eigenvalue weighted by Crippen LogP contribution is -2.58. The second-order valence-corrected chi connectivity index (χ2v) is 10.1. The number of amides is 2. The van der Waals surface area contributed by atoms with E-state index in [-0.39, 0.29) is 24.0 Å². The second-order valence-electron chi connectivity index (χ2n) is 10.1. The number of rotatable bonds is 9. The van der Waals surface area contributed by atoms with Crippen LogP contribution >= 0.6 is 0 Å². The average Bonchev–Trinajstić information content (AvgIpc) is 3.41. The molecule has 3 N–H and O–H groups in total. The molecule has 2 unspecified atom stereocenters. The Bertz CT molecular complexity index is 1020. The standard InChI is InChI=1S/C29H40N4O3/c1-21-9-11-23(12-10-21)29(35)33-16-13-25(18-27(33)28(34)31-15-14-30)32(20-26-8-5-17-36-26)19-24-7-4-3-6-22(24)2/h3-4,6-7,9-12,25-27H,5,8,13-20,30H2,1-2H3,(H,31,34)/t25?,26?,27-/m1/s1. The number of carbonyl (C=O) groups is 2. The molecule has 36 heavy (non-hydrogen) atoms. The summed E-state index contributed by atoms with van der Waals surface area (Å²) >= 11 is 0. The fraction of sp³-hybridized carbons (Fsp3) is 0.517. The minimum Gasteiger partial charge on any atom is -0.377 e. The quantitative estimate of drug-likeness (QED) is 0.562. The zero-order valence-electron chi connectivity index (χ0n) is 21.6. The van der Waals surface area contributed by atoms with Crippen molar-refractivity contribution in [2.24, 2.45) is 5.73 Å². The van der Waals surface area contributed by atoms with Gasteiger partial charge in [-0.15, -0.1) is 0 Å². The summed E-state index contributed by atoms with van der Waals surface area (Å²) in [5, 5.41) is 2.94. The molecule has 3 atom stereocenters. The Morgan fingerprint density at radius 1 is 1.11 bits per heavy atom. The fourth-order valence-corrected chi connectivity index (χ4v) is 5.34. The number of likely N-dealkylation sites (tertiary alicyclic amines) is 1. The monoisotopic (exact) mass is 492 g/mol. The Hall–Kier alpha value is -2.74. The molecule has 0 aromatic heterocycles. The largest absolute Gasteiger partial charge is 0.377 e. The summed E-state index contributed by atoms with van der Waals surface area (Å²) in [6.07, 6.45) is 3.78. The first-order chi connectivity index (χ1) is 17.5. The van der Waals surface area contributed by atoms with Gasteiger partial charge in [0.05, 0.1) is 6.10 Å². The molecule has 0 bridgehead atoms. The summed E-state index contributed by atoms with van der Waals surface area (Å²) in [5.74, 6) is -0.218. The average molecular weight is 493 g/mol. The van der Waals surface area contributed by atoms with Gasteiger partial charge in [-0.05, 0) is 62.8 Å². The van der Waals surface area contributed by atoms with Gasteiger partial charge in [0.2, 0.25) is 5.91 Å². The normalized spacial score (nSPS) is 22.1. The molecule has 0 spiro atoms. The molecule has 0 radical (unpaired) electrons. The van der Waals surface area contributed by atoms with E-state index in [1.165, 1.54) is 11.1 Å².